The molecule has 0 heterocycles. The van der Waals surface area contributed by atoms with Crippen molar-refractivity contribution in [1.82, 2.24) is 10.3 Å². The van der Waals surface area contributed by atoms with Crippen LogP contribution < -0.4 is 11.3 Å². The van der Waals surface area contributed by atoms with Gasteiger partial charge in [-0.3, -0.25) is 15.1 Å². The van der Waals surface area contributed by atoms with Gasteiger partial charge in [-0.15, -0.1) is 0 Å². The first-order valence-corrected chi connectivity index (χ1v) is 7.94. The SMILES string of the molecule is CCC1CCC(N(C)Cc2ccccc2C(=O)NN)CC1. The molecule has 1 aliphatic rings. The number of hydrogen-bond donors (Lipinski definition) is 2. The third kappa shape index (κ3) is 4.05. The molecule has 3 N–H and O–H groups in total. The summed E-state index contributed by atoms with van der Waals surface area (Å²) in [6.45, 7) is 3.08. The highest BCUT2D eigenvalue weighted by Crippen LogP contribution is 2.29. The molecule has 2 rings (SSSR count). The van der Waals surface area contributed by atoms with E-state index in [1.54, 1.807) is 0 Å². The highest BCUT2D eigenvalue weighted by Gasteiger charge is 2.23. The van der Waals surface area contributed by atoms with Crippen molar-refractivity contribution < 1.29 is 4.79 Å². The zero-order valence-corrected chi connectivity index (χ0v) is 13.1. The maximum absolute atomic E-state index is 11.8. The molecule has 0 aliphatic heterocycles. The Morgan fingerprint density at radius 2 is 1.95 bits per heavy atom. The van der Waals surface area contributed by atoms with E-state index in [1.807, 2.05) is 24.3 Å². The summed E-state index contributed by atoms with van der Waals surface area (Å²) in [4.78, 5) is 14.2. The van der Waals surface area contributed by atoms with E-state index in [2.05, 4.69) is 24.3 Å². The van der Waals surface area contributed by atoms with E-state index in [9.17, 15) is 4.79 Å². The van der Waals surface area contributed by atoms with E-state index in [0.29, 0.717) is 11.6 Å². The fourth-order valence-electron chi connectivity index (χ4n) is 3.35. The number of rotatable bonds is 5. The molecule has 0 saturated heterocycles. The van der Waals surface area contributed by atoms with Crippen LogP contribution in [0.5, 0.6) is 0 Å². The van der Waals surface area contributed by atoms with Crippen molar-refractivity contribution in [3.63, 3.8) is 0 Å². The monoisotopic (exact) mass is 289 g/mol. The Hall–Kier alpha value is -1.39. The quantitative estimate of drug-likeness (QED) is 0.498. The van der Waals surface area contributed by atoms with Gasteiger partial charge in [-0.2, -0.15) is 0 Å². The lowest BCUT2D eigenvalue weighted by molar-refractivity contribution is 0.0950. The number of benzene rings is 1. The Kier molecular flexibility index (Phi) is 5.76. The second-order valence-electron chi connectivity index (χ2n) is 6.13. The van der Waals surface area contributed by atoms with Crippen LogP contribution in [-0.4, -0.2) is 23.9 Å². The van der Waals surface area contributed by atoms with Gasteiger partial charge in [0.05, 0.1) is 0 Å². The lowest BCUT2D eigenvalue weighted by atomic mass is 9.84. The summed E-state index contributed by atoms with van der Waals surface area (Å²) in [6, 6.07) is 8.32. The molecule has 1 amide bonds. The van der Waals surface area contributed by atoms with Crippen LogP contribution in [0.25, 0.3) is 0 Å². The molecule has 0 aromatic heterocycles. The minimum absolute atomic E-state index is 0.214. The normalized spacial score (nSPS) is 22.3. The molecule has 0 atom stereocenters. The summed E-state index contributed by atoms with van der Waals surface area (Å²) >= 11 is 0. The fourth-order valence-corrected chi connectivity index (χ4v) is 3.35. The predicted octanol–water partition coefficient (Wildman–Crippen LogP) is 2.69. The molecule has 0 spiro atoms. The largest absolute Gasteiger partial charge is 0.299 e. The van der Waals surface area contributed by atoms with E-state index in [1.165, 1.54) is 32.1 Å². The highest BCUT2D eigenvalue weighted by molar-refractivity contribution is 5.95. The van der Waals surface area contributed by atoms with Crippen molar-refractivity contribution in [3.05, 3.63) is 35.4 Å². The van der Waals surface area contributed by atoms with Gasteiger partial charge in [0, 0.05) is 18.2 Å². The van der Waals surface area contributed by atoms with Gasteiger partial charge in [0.15, 0.2) is 0 Å². The Bertz CT molecular complexity index is 467. The van der Waals surface area contributed by atoms with Gasteiger partial charge in [-0.25, -0.2) is 5.84 Å². The van der Waals surface area contributed by atoms with Crippen molar-refractivity contribution in [2.75, 3.05) is 7.05 Å². The summed E-state index contributed by atoms with van der Waals surface area (Å²) in [5, 5.41) is 0. The number of hydrazine groups is 1. The van der Waals surface area contributed by atoms with Crippen molar-refractivity contribution >= 4 is 5.91 Å². The first kappa shape index (κ1) is 16.0. The molecule has 116 valence electrons. The van der Waals surface area contributed by atoms with E-state index in [4.69, 9.17) is 5.84 Å². The fraction of sp³-hybridized carbons (Fsp3) is 0.588. The number of amides is 1. The number of carbonyl (C=O) groups excluding carboxylic acids is 1. The van der Waals surface area contributed by atoms with Gasteiger partial charge >= 0.3 is 0 Å². The molecule has 4 heteroatoms. The molecule has 1 fully saturated rings. The summed E-state index contributed by atoms with van der Waals surface area (Å²) in [6.07, 6.45) is 6.49. The third-order valence-corrected chi connectivity index (χ3v) is 4.83. The molecule has 0 radical (unpaired) electrons. The van der Waals surface area contributed by atoms with Crippen LogP contribution in [0, 0.1) is 5.92 Å². The number of nitrogen functional groups attached to an aromatic ring is 1. The number of nitrogens with zero attached hydrogens (tertiary/aromatic N) is 1. The van der Waals surface area contributed by atoms with Crippen molar-refractivity contribution in [1.29, 1.82) is 0 Å². The number of hydrogen-bond acceptors (Lipinski definition) is 3. The Balaban J connectivity index is 2.00. The van der Waals surface area contributed by atoms with Gasteiger partial charge in [-0.05, 0) is 50.3 Å². The first-order chi connectivity index (χ1) is 10.2. The smallest absolute Gasteiger partial charge is 0.265 e. The minimum Gasteiger partial charge on any atom is -0.299 e. The zero-order valence-electron chi connectivity index (χ0n) is 13.1. The first-order valence-electron chi connectivity index (χ1n) is 7.94. The maximum Gasteiger partial charge on any atom is 0.265 e. The van der Waals surface area contributed by atoms with Crippen molar-refractivity contribution in [2.45, 2.75) is 51.6 Å². The van der Waals surface area contributed by atoms with Gasteiger partial charge < -0.3 is 0 Å². The predicted molar refractivity (Wildman–Crippen MR) is 85.6 cm³/mol. The second kappa shape index (κ2) is 7.57. The van der Waals surface area contributed by atoms with Gasteiger partial charge in [0.2, 0.25) is 0 Å². The lowest BCUT2D eigenvalue weighted by Gasteiger charge is -2.34. The average Bonchev–Trinajstić information content (AvgIpc) is 2.54. The molecular weight excluding hydrogens is 262 g/mol. The summed E-state index contributed by atoms with van der Waals surface area (Å²) in [5.74, 6) is 5.96. The van der Waals surface area contributed by atoms with Crippen LogP contribution in [0.4, 0.5) is 0 Å². The van der Waals surface area contributed by atoms with Gasteiger partial charge in [-0.1, -0.05) is 31.5 Å². The number of nitrogens with one attached hydrogen (secondary N) is 1. The van der Waals surface area contributed by atoms with Gasteiger partial charge in [0.1, 0.15) is 0 Å². The van der Waals surface area contributed by atoms with E-state index < -0.39 is 0 Å². The Morgan fingerprint density at radius 1 is 1.29 bits per heavy atom. The molecule has 1 aliphatic carbocycles. The van der Waals surface area contributed by atoms with Crippen LogP contribution >= 0.6 is 0 Å². The van der Waals surface area contributed by atoms with Crippen molar-refractivity contribution in [3.8, 4) is 0 Å². The van der Waals surface area contributed by atoms with Crippen molar-refractivity contribution in [2.24, 2.45) is 11.8 Å². The third-order valence-electron chi connectivity index (χ3n) is 4.83. The summed E-state index contributed by atoms with van der Waals surface area (Å²) < 4.78 is 0. The van der Waals surface area contributed by atoms with E-state index >= 15 is 0 Å². The summed E-state index contributed by atoms with van der Waals surface area (Å²) in [5.41, 5.74) is 3.95. The standard InChI is InChI=1S/C17H27N3O/c1-3-13-8-10-15(11-9-13)20(2)12-14-6-4-5-7-16(14)17(21)19-18/h4-7,13,15H,3,8-12,18H2,1-2H3,(H,19,21). The maximum atomic E-state index is 11.8. The topological polar surface area (TPSA) is 58.4 Å². The molecule has 1 aromatic carbocycles. The second-order valence-corrected chi connectivity index (χ2v) is 6.13. The molecule has 0 bridgehead atoms. The van der Waals surface area contributed by atoms with Crippen LogP contribution in [0.2, 0.25) is 0 Å². The Morgan fingerprint density at radius 3 is 2.57 bits per heavy atom. The lowest BCUT2D eigenvalue weighted by Crippen LogP contribution is -2.36. The summed E-state index contributed by atoms with van der Waals surface area (Å²) in [7, 11) is 2.16. The van der Waals surface area contributed by atoms with Crippen LogP contribution in [0.15, 0.2) is 24.3 Å². The molecule has 0 unspecified atom stereocenters. The van der Waals surface area contributed by atoms with E-state index in [0.717, 1.165) is 18.0 Å². The van der Waals surface area contributed by atoms with E-state index in [-0.39, 0.29) is 5.91 Å². The molecule has 1 saturated carbocycles. The average molecular weight is 289 g/mol. The van der Waals surface area contributed by atoms with Crippen LogP contribution in [-0.2, 0) is 6.54 Å². The minimum atomic E-state index is -0.214. The Labute approximate surface area is 127 Å². The van der Waals surface area contributed by atoms with Crippen LogP contribution in [0.3, 0.4) is 0 Å². The van der Waals surface area contributed by atoms with Crippen LogP contribution in [0.1, 0.15) is 54.9 Å². The van der Waals surface area contributed by atoms with Gasteiger partial charge in [0.25, 0.3) is 5.91 Å². The number of nitrogens with two attached hydrogens (primary N) is 1. The number of carbonyl (C=O) groups is 1. The molecule has 4 nitrogen and oxygen atoms in total. The zero-order chi connectivity index (χ0) is 15.2. The molecule has 1 aromatic rings. The highest BCUT2D eigenvalue weighted by atomic mass is 16.2. The molecular formula is C17H27N3O. The molecule has 21 heavy (non-hydrogen) atoms.